The van der Waals surface area contributed by atoms with Gasteiger partial charge in [-0.2, -0.15) is 0 Å². The summed E-state index contributed by atoms with van der Waals surface area (Å²) >= 11 is 0. The van der Waals surface area contributed by atoms with Crippen molar-refractivity contribution in [2.24, 2.45) is 10.7 Å². The fraction of sp³-hybridized carbons (Fsp3) is 0.179. The van der Waals surface area contributed by atoms with Crippen LogP contribution in [-0.2, 0) is 4.79 Å². The van der Waals surface area contributed by atoms with Crippen molar-refractivity contribution in [1.82, 2.24) is 9.88 Å². The summed E-state index contributed by atoms with van der Waals surface area (Å²) in [5.41, 5.74) is 11.8. The minimum atomic E-state index is -0.768. The van der Waals surface area contributed by atoms with Gasteiger partial charge in [-0.3, -0.25) is 14.4 Å². The third kappa shape index (κ3) is 5.09. The van der Waals surface area contributed by atoms with Gasteiger partial charge in [0.25, 0.3) is 0 Å². The molecule has 0 fully saturated rings. The van der Waals surface area contributed by atoms with E-state index in [-0.39, 0.29) is 24.8 Å². The first-order valence-corrected chi connectivity index (χ1v) is 11.3. The second kappa shape index (κ2) is 9.85. The lowest BCUT2D eigenvalue weighted by molar-refractivity contribution is -0.116. The molecule has 0 aliphatic heterocycles. The third-order valence-electron chi connectivity index (χ3n) is 5.72. The normalized spacial score (nSPS) is 11.6. The van der Waals surface area contributed by atoms with E-state index in [2.05, 4.69) is 16.4 Å². The molecule has 0 saturated carbocycles. The summed E-state index contributed by atoms with van der Waals surface area (Å²) in [4.78, 5) is 28.0. The van der Waals surface area contributed by atoms with Gasteiger partial charge in [-0.15, -0.1) is 0 Å². The molecule has 4 aromatic rings. The average Bonchev–Trinajstić information content (AvgIpc) is 3.09. The quantitative estimate of drug-likeness (QED) is 0.351. The van der Waals surface area contributed by atoms with Gasteiger partial charge in [0.15, 0.2) is 5.78 Å². The fourth-order valence-electron chi connectivity index (χ4n) is 4.28. The molecule has 35 heavy (non-hydrogen) atoms. The first-order chi connectivity index (χ1) is 16.7. The van der Waals surface area contributed by atoms with Crippen LogP contribution in [0, 0.1) is 20.8 Å². The molecule has 2 amide bonds. The van der Waals surface area contributed by atoms with Gasteiger partial charge in [0, 0.05) is 16.6 Å². The molecule has 4 rings (SSSR count). The van der Waals surface area contributed by atoms with E-state index in [1.165, 1.54) is 0 Å². The number of rotatable bonds is 7. The number of hydrogen-bond donors (Lipinski definition) is 3. The number of aromatic hydroxyl groups is 1. The summed E-state index contributed by atoms with van der Waals surface area (Å²) in [6.07, 6.45) is 0. The Bertz CT molecular complexity index is 1430. The Hall–Kier alpha value is -4.39. The van der Waals surface area contributed by atoms with Crippen molar-refractivity contribution in [3.05, 3.63) is 94.5 Å². The van der Waals surface area contributed by atoms with Crippen LogP contribution in [0.25, 0.3) is 16.6 Å². The van der Waals surface area contributed by atoms with Crippen molar-refractivity contribution in [2.75, 3.05) is 13.1 Å². The molecular formula is C28H28N4O3. The number of nitrogens with zero attached hydrogens (tertiary/aromatic N) is 2. The molecule has 1 heterocycles. The highest BCUT2D eigenvalue weighted by Crippen LogP contribution is 2.37. The van der Waals surface area contributed by atoms with E-state index in [0.717, 1.165) is 38.8 Å². The molecule has 4 N–H and O–H groups in total. The van der Waals surface area contributed by atoms with Crippen molar-refractivity contribution < 1.29 is 14.7 Å². The lowest BCUT2D eigenvalue weighted by Gasteiger charge is -2.11. The van der Waals surface area contributed by atoms with Gasteiger partial charge in [-0.25, -0.2) is 4.79 Å². The minimum absolute atomic E-state index is 0.0425. The molecule has 7 nitrogen and oxygen atoms in total. The van der Waals surface area contributed by atoms with Crippen LogP contribution in [0.2, 0.25) is 0 Å². The number of carbonyl (C=O) groups is 2. The summed E-state index contributed by atoms with van der Waals surface area (Å²) in [5.74, 6) is -0.258. The van der Waals surface area contributed by atoms with Crippen molar-refractivity contribution in [2.45, 2.75) is 20.8 Å². The van der Waals surface area contributed by atoms with Gasteiger partial charge < -0.3 is 16.2 Å². The van der Waals surface area contributed by atoms with E-state index in [0.29, 0.717) is 11.3 Å². The molecule has 0 bridgehead atoms. The number of nitrogens with two attached hydrogens (primary N) is 1. The molecule has 7 heteroatoms. The molecule has 0 aliphatic carbocycles. The lowest BCUT2D eigenvalue weighted by atomic mass is 10.0. The number of amides is 2. The molecule has 0 atom stereocenters. The monoisotopic (exact) mass is 468 g/mol. The van der Waals surface area contributed by atoms with Gasteiger partial charge in [0.05, 0.1) is 23.3 Å². The number of aliphatic imine (C=N–C) groups is 1. The van der Waals surface area contributed by atoms with Crippen molar-refractivity contribution in [3.8, 4) is 11.6 Å². The zero-order chi connectivity index (χ0) is 25.1. The predicted molar refractivity (Wildman–Crippen MR) is 139 cm³/mol. The van der Waals surface area contributed by atoms with Crippen molar-refractivity contribution in [1.29, 1.82) is 0 Å². The summed E-state index contributed by atoms with van der Waals surface area (Å²) < 4.78 is 1.83. The highest BCUT2D eigenvalue weighted by atomic mass is 16.3. The van der Waals surface area contributed by atoms with Gasteiger partial charge in [-0.1, -0.05) is 48.5 Å². The Morgan fingerprint density at radius 1 is 0.943 bits per heavy atom. The van der Waals surface area contributed by atoms with E-state index in [1.54, 1.807) is 0 Å². The topological polar surface area (TPSA) is 110 Å². The van der Waals surface area contributed by atoms with Crippen LogP contribution in [0.4, 0.5) is 4.79 Å². The van der Waals surface area contributed by atoms with Crippen molar-refractivity contribution >= 4 is 28.4 Å². The first-order valence-electron chi connectivity index (χ1n) is 11.3. The Kier molecular flexibility index (Phi) is 6.68. The first kappa shape index (κ1) is 23.8. The summed E-state index contributed by atoms with van der Waals surface area (Å²) in [5, 5.41) is 14.8. The number of primary amides is 1. The molecular weight excluding hydrogens is 440 g/mol. The largest absolute Gasteiger partial charge is 0.494 e. The van der Waals surface area contributed by atoms with Crippen molar-refractivity contribution in [3.63, 3.8) is 0 Å². The SMILES string of the molecule is Cc1cc(C)cc(-n2c(O)c(C(=NCC(=O)CNC(N)=O)c3ccccc3)c3ccc(C)cc32)c1. The maximum Gasteiger partial charge on any atom is 0.312 e. The zero-order valence-electron chi connectivity index (χ0n) is 20.0. The fourth-order valence-corrected chi connectivity index (χ4v) is 4.28. The predicted octanol–water partition coefficient (Wildman–Crippen LogP) is 4.34. The standard InChI is InChI=1S/C28H28N4O3/c1-17-9-10-23-24(14-17)32(21-12-18(2)11-19(3)13-21)27(34)25(23)26(20-7-5-4-6-8-20)30-15-22(33)16-31-28(29)35/h4-14,34H,15-16H2,1-3H3,(H3,29,31,35). The van der Waals surface area contributed by atoms with E-state index in [9.17, 15) is 14.7 Å². The maximum absolute atomic E-state index is 12.4. The number of benzene rings is 3. The molecule has 0 saturated heterocycles. The van der Waals surface area contributed by atoms with E-state index >= 15 is 0 Å². The van der Waals surface area contributed by atoms with Crippen LogP contribution in [0.1, 0.15) is 27.8 Å². The van der Waals surface area contributed by atoms with Crippen LogP contribution in [0.15, 0.2) is 71.7 Å². The Labute approximate surface area is 203 Å². The maximum atomic E-state index is 12.4. The third-order valence-corrected chi connectivity index (χ3v) is 5.72. The Morgan fingerprint density at radius 2 is 1.63 bits per heavy atom. The summed E-state index contributed by atoms with van der Waals surface area (Å²) in [6.45, 7) is 5.66. The van der Waals surface area contributed by atoms with E-state index in [4.69, 9.17) is 5.73 Å². The molecule has 0 radical (unpaired) electrons. The Morgan fingerprint density at radius 3 is 2.29 bits per heavy atom. The minimum Gasteiger partial charge on any atom is -0.494 e. The zero-order valence-corrected chi connectivity index (χ0v) is 20.0. The number of aromatic nitrogens is 1. The van der Waals surface area contributed by atoms with Crippen LogP contribution in [0.5, 0.6) is 5.88 Å². The number of Topliss-reactive ketones (excluding diaryl/α,β-unsaturated/α-hetero) is 1. The van der Waals surface area contributed by atoms with Gasteiger partial charge >= 0.3 is 6.03 Å². The van der Waals surface area contributed by atoms with Crippen LogP contribution < -0.4 is 11.1 Å². The molecule has 0 unspecified atom stereocenters. The smallest absolute Gasteiger partial charge is 0.312 e. The van der Waals surface area contributed by atoms with E-state index in [1.807, 2.05) is 86.0 Å². The number of nitrogens with one attached hydrogen (secondary N) is 1. The second-order valence-corrected chi connectivity index (χ2v) is 8.69. The van der Waals surface area contributed by atoms with Crippen LogP contribution >= 0.6 is 0 Å². The van der Waals surface area contributed by atoms with Gasteiger partial charge in [-0.05, 0) is 55.7 Å². The van der Waals surface area contributed by atoms with E-state index < -0.39 is 6.03 Å². The van der Waals surface area contributed by atoms with Gasteiger partial charge in [0.1, 0.15) is 6.54 Å². The second-order valence-electron chi connectivity index (χ2n) is 8.69. The molecule has 1 aromatic heterocycles. The van der Waals surface area contributed by atoms with Crippen LogP contribution in [-0.4, -0.2) is 40.3 Å². The average molecular weight is 469 g/mol. The molecule has 3 aromatic carbocycles. The molecule has 178 valence electrons. The van der Waals surface area contributed by atoms with Gasteiger partial charge in [0.2, 0.25) is 5.88 Å². The number of aryl methyl sites for hydroxylation is 3. The highest BCUT2D eigenvalue weighted by Gasteiger charge is 2.23. The highest BCUT2D eigenvalue weighted by molar-refractivity contribution is 6.22. The molecule has 0 aliphatic rings. The summed E-state index contributed by atoms with van der Waals surface area (Å²) in [7, 11) is 0. The Balaban J connectivity index is 1.94. The number of hydrogen-bond acceptors (Lipinski definition) is 4. The number of ketones is 1. The lowest BCUT2D eigenvalue weighted by Crippen LogP contribution is -2.34. The summed E-state index contributed by atoms with van der Waals surface area (Å²) in [6, 6.07) is 20.8. The number of urea groups is 1. The molecule has 0 spiro atoms. The number of fused-ring (bicyclic) bond motifs is 1. The van der Waals surface area contributed by atoms with Crippen LogP contribution in [0.3, 0.4) is 0 Å². The number of carbonyl (C=O) groups excluding carboxylic acids is 2.